The fraction of sp³-hybridized carbons (Fsp3) is 0.591. The third-order valence-corrected chi connectivity index (χ3v) is 5.00. The van der Waals surface area contributed by atoms with Crippen molar-refractivity contribution in [2.75, 3.05) is 46.7 Å². The lowest BCUT2D eigenvalue weighted by Gasteiger charge is -2.38. The van der Waals surface area contributed by atoms with Gasteiger partial charge in [0.05, 0.1) is 38.6 Å². The first kappa shape index (κ1) is 29.4. The molecule has 14 heteroatoms. The maximum absolute atomic E-state index is 12.8. The molecule has 0 unspecified atom stereocenters. The molecule has 0 bridgehead atoms. The van der Waals surface area contributed by atoms with Gasteiger partial charge >= 0.3 is 5.97 Å². The zero-order valence-corrected chi connectivity index (χ0v) is 19.6. The van der Waals surface area contributed by atoms with Gasteiger partial charge in [-0.05, 0) is 17.7 Å². The van der Waals surface area contributed by atoms with Crippen LogP contribution in [0.2, 0.25) is 0 Å². The highest BCUT2D eigenvalue weighted by Gasteiger charge is 2.48. The minimum Gasteiger partial charge on any atom is -0.479 e. The molecular formula is C22H31NO13. The Morgan fingerprint density at radius 3 is 2.39 bits per heavy atom. The van der Waals surface area contributed by atoms with Gasteiger partial charge in [0, 0.05) is 13.7 Å². The van der Waals surface area contributed by atoms with E-state index in [4.69, 9.17) is 28.4 Å². The molecule has 202 valence electrons. The Balaban J connectivity index is 2.04. The number of amides is 1. The Hall–Kier alpha value is -2.85. The van der Waals surface area contributed by atoms with Crippen molar-refractivity contribution in [1.82, 2.24) is 5.32 Å². The molecule has 1 heterocycles. The lowest BCUT2D eigenvalue weighted by Crippen LogP contribution is -2.61. The van der Waals surface area contributed by atoms with Crippen molar-refractivity contribution >= 4 is 18.3 Å². The molecule has 2 rings (SSSR count). The summed E-state index contributed by atoms with van der Waals surface area (Å²) in [5.74, 6) is -2.31. The fourth-order valence-corrected chi connectivity index (χ4v) is 3.15. The molecule has 1 aliphatic rings. The molecule has 36 heavy (non-hydrogen) atoms. The molecule has 5 atom stereocenters. The molecule has 0 spiro atoms. The summed E-state index contributed by atoms with van der Waals surface area (Å²) in [5, 5.41) is 41.9. The number of aliphatic hydroxyl groups is 3. The van der Waals surface area contributed by atoms with Crippen LogP contribution in [0.25, 0.3) is 0 Å². The van der Waals surface area contributed by atoms with Crippen LogP contribution in [0.5, 0.6) is 5.75 Å². The van der Waals surface area contributed by atoms with Crippen molar-refractivity contribution in [3.05, 3.63) is 29.3 Å². The number of carbonyl (C=O) groups excluding carboxylic acids is 2. The number of hydrogen-bond acceptors (Lipinski definition) is 12. The molecule has 1 fully saturated rings. The van der Waals surface area contributed by atoms with E-state index in [0.717, 1.165) is 0 Å². The van der Waals surface area contributed by atoms with Crippen LogP contribution in [0, 0.1) is 0 Å². The monoisotopic (exact) mass is 517 g/mol. The highest BCUT2D eigenvalue weighted by Crippen LogP contribution is 2.28. The number of rotatable bonds is 16. The number of benzene rings is 1. The average Bonchev–Trinajstić information content (AvgIpc) is 2.86. The minimum atomic E-state index is -1.90. The first-order valence-corrected chi connectivity index (χ1v) is 11.0. The van der Waals surface area contributed by atoms with Crippen molar-refractivity contribution in [3.63, 3.8) is 0 Å². The molecule has 0 radical (unpaired) electrons. The van der Waals surface area contributed by atoms with Gasteiger partial charge in [-0.15, -0.1) is 0 Å². The molecule has 0 aliphatic carbocycles. The average molecular weight is 517 g/mol. The van der Waals surface area contributed by atoms with E-state index in [2.05, 4.69) is 5.32 Å². The van der Waals surface area contributed by atoms with Crippen LogP contribution in [0.3, 0.4) is 0 Å². The van der Waals surface area contributed by atoms with E-state index in [1.54, 1.807) is 7.11 Å². The SMILES string of the molecule is COCCOCCOCCNC(=O)c1cc(COC=O)ccc1O[C@@H]1O[C@H](C(=O)O)[C@@H](O)[C@H](O)[C@H]1O. The molecule has 1 saturated heterocycles. The summed E-state index contributed by atoms with van der Waals surface area (Å²) in [4.78, 5) is 34.7. The van der Waals surface area contributed by atoms with Crippen LogP contribution in [0.1, 0.15) is 15.9 Å². The quantitative estimate of drug-likeness (QED) is 0.120. The van der Waals surface area contributed by atoms with Crippen LogP contribution >= 0.6 is 0 Å². The van der Waals surface area contributed by atoms with Gasteiger partial charge in [0.1, 0.15) is 30.7 Å². The Kier molecular flexibility index (Phi) is 12.5. The second-order valence-corrected chi connectivity index (χ2v) is 7.56. The predicted molar refractivity (Wildman–Crippen MR) is 118 cm³/mol. The van der Waals surface area contributed by atoms with Gasteiger partial charge in [0.15, 0.2) is 6.10 Å². The van der Waals surface area contributed by atoms with E-state index in [1.807, 2.05) is 0 Å². The number of carboxylic acids is 1. The summed E-state index contributed by atoms with van der Waals surface area (Å²) in [6.45, 7) is 1.98. The van der Waals surface area contributed by atoms with Crippen molar-refractivity contribution in [2.45, 2.75) is 37.3 Å². The van der Waals surface area contributed by atoms with Crippen molar-refractivity contribution in [3.8, 4) is 5.75 Å². The largest absolute Gasteiger partial charge is 0.479 e. The molecule has 14 nitrogen and oxygen atoms in total. The standard InChI is InChI=1S/C22H31NO13/c1-31-6-7-33-9-8-32-5-4-23-20(28)14-10-13(11-34-12-24)2-3-15(14)35-22-18(27)16(25)17(26)19(36-22)21(29)30/h2-3,10,12,16-19,22,25-27H,4-9,11H2,1H3,(H,23,28)(H,29,30)/t16-,17-,18+,19-,22+/m0/s1. The van der Waals surface area contributed by atoms with Gasteiger partial charge in [-0.25, -0.2) is 4.79 Å². The normalized spacial score (nSPS) is 23.6. The summed E-state index contributed by atoms with van der Waals surface area (Å²) >= 11 is 0. The lowest BCUT2D eigenvalue weighted by molar-refractivity contribution is -0.271. The zero-order valence-electron chi connectivity index (χ0n) is 19.6. The van der Waals surface area contributed by atoms with E-state index in [0.29, 0.717) is 32.0 Å². The predicted octanol–water partition coefficient (Wildman–Crippen LogP) is -1.96. The summed E-state index contributed by atoms with van der Waals surface area (Å²) in [6, 6.07) is 4.17. The van der Waals surface area contributed by atoms with Crippen molar-refractivity contribution in [1.29, 1.82) is 0 Å². The number of carboxylic acid groups (broad SMARTS) is 1. The number of carbonyl (C=O) groups is 3. The van der Waals surface area contributed by atoms with Gasteiger partial charge in [-0.1, -0.05) is 6.07 Å². The molecule has 1 aromatic rings. The Labute approximate surface area is 206 Å². The fourth-order valence-electron chi connectivity index (χ4n) is 3.15. The van der Waals surface area contributed by atoms with Crippen LogP contribution < -0.4 is 10.1 Å². The number of methoxy groups -OCH3 is 1. The zero-order chi connectivity index (χ0) is 26.5. The van der Waals surface area contributed by atoms with E-state index in [1.165, 1.54) is 18.2 Å². The van der Waals surface area contributed by atoms with Crippen LogP contribution in [-0.4, -0.2) is 116 Å². The third-order valence-electron chi connectivity index (χ3n) is 5.00. The number of ether oxygens (including phenoxy) is 6. The molecule has 1 aliphatic heterocycles. The maximum atomic E-state index is 12.8. The summed E-state index contributed by atoms with van der Waals surface area (Å²) in [7, 11) is 1.56. The minimum absolute atomic E-state index is 0.0480. The molecule has 1 aromatic carbocycles. The number of hydrogen-bond donors (Lipinski definition) is 5. The molecule has 0 aromatic heterocycles. The maximum Gasteiger partial charge on any atom is 0.335 e. The van der Waals surface area contributed by atoms with Crippen LogP contribution in [-0.2, 0) is 39.9 Å². The Morgan fingerprint density at radius 1 is 1.03 bits per heavy atom. The van der Waals surface area contributed by atoms with Gasteiger partial charge in [0.25, 0.3) is 12.4 Å². The smallest absolute Gasteiger partial charge is 0.335 e. The van der Waals surface area contributed by atoms with Crippen LogP contribution in [0.15, 0.2) is 18.2 Å². The molecule has 0 saturated carbocycles. The number of aliphatic hydroxyl groups excluding tert-OH is 3. The topological polar surface area (TPSA) is 200 Å². The van der Waals surface area contributed by atoms with E-state index < -0.39 is 42.6 Å². The number of aliphatic carboxylic acids is 1. The summed E-state index contributed by atoms with van der Waals surface area (Å²) < 4.78 is 30.8. The third kappa shape index (κ3) is 8.67. The van der Waals surface area contributed by atoms with Gasteiger partial charge in [-0.2, -0.15) is 0 Å². The van der Waals surface area contributed by atoms with E-state index >= 15 is 0 Å². The van der Waals surface area contributed by atoms with E-state index in [9.17, 15) is 34.8 Å². The van der Waals surface area contributed by atoms with Gasteiger partial charge < -0.3 is 54.2 Å². The van der Waals surface area contributed by atoms with Crippen LogP contribution in [0.4, 0.5) is 0 Å². The summed E-state index contributed by atoms with van der Waals surface area (Å²) in [6.07, 6.45) is -9.17. The van der Waals surface area contributed by atoms with Gasteiger partial charge in [0.2, 0.25) is 6.29 Å². The van der Waals surface area contributed by atoms with Gasteiger partial charge in [-0.3, -0.25) is 9.59 Å². The molecule has 5 N–H and O–H groups in total. The highest BCUT2D eigenvalue weighted by atomic mass is 16.7. The second kappa shape index (κ2) is 15.3. The summed E-state index contributed by atoms with van der Waals surface area (Å²) in [5.41, 5.74) is 0.390. The van der Waals surface area contributed by atoms with E-state index in [-0.39, 0.29) is 37.5 Å². The second-order valence-electron chi connectivity index (χ2n) is 7.56. The lowest BCUT2D eigenvalue weighted by atomic mass is 9.99. The number of nitrogens with one attached hydrogen (secondary N) is 1. The van der Waals surface area contributed by atoms with Crippen molar-refractivity contribution in [2.24, 2.45) is 0 Å². The first-order valence-electron chi connectivity index (χ1n) is 11.0. The highest BCUT2D eigenvalue weighted by molar-refractivity contribution is 5.97. The molecular weight excluding hydrogens is 486 g/mol. The Bertz CT molecular complexity index is 851. The molecule has 1 amide bonds. The van der Waals surface area contributed by atoms with Crippen molar-refractivity contribution < 1.29 is 63.2 Å². The first-order chi connectivity index (χ1) is 17.3. The Morgan fingerprint density at radius 2 is 1.72 bits per heavy atom.